The molecule has 4 unspecified atom stereocenters. The first kappa shape index (κ1) is 44.0. The van der Waals surface area contributed by atoms with Crippen molar-refractivity contribution in [1.29, 1.82) is 0 Å². The maximum absolute atomic E-state index is 13.3. The lowest BCUT2D eigenvalue weighted by atomic mass is 9.43. The maximum Gasteiger partial charge on any atom is 0.307 e. The molecule has 54 heavy (non-hydrogen) atoms. The SMILES string of the molecule is CC(C)=CCC/C(C)=C/COC(=O)CCC(C)C1CC[C@H]2C3[C@H](OC(=O)CCN)CC4C[C@H](OC(=O)CCN)CC[C@]4(C)[C@H]3C[C@H](OC(=O)CCN)[C@]12C. The molecule has 4 aliphatic rings. The number of hydrogen-bond acceptors (Lipinski definition) is 11. The monoisotopic (exact) mass is 758 g/mol. The first-order valence-corrected chi connectivity index (χ1v) is 20.8. The molecule has 4 rings (SSSR count). The highest BCUT2D eigenvalue weighted by molar-refractivity contribution is 5.71. The fourth-order valence-corrected chi connectivity index (χ4v) is 11.1. The molecule has 0 aromatic carbocycles. The predicted octanol–water partition coefficient (Wildman–Crippen LogP) is 6.30. The van der Waals surface area contributed by atoms with Gasteiger partial charge in [0, 0.05) is 37.4 Å². The molecule has 0 aliphatic heterocycles. The molecular weight excluding hydrogens is 686 g/mol. The van der Waals surface area contributed by atoms with E-state index in [1.54, 1.807) is 0 Å². The molecule has 0 amide bonds. The van der Waals surface area contributed by atoms with Crippen LogP contribution in [0.15, 0.2) is 23.3 Å². The van der Waals surface area contributed by atoms with Gasteiger partial charge in [0.05, 0.1) is 19.3 Å². The van der Waals surface area contributed by atoms with Crippen LogP contribution in [-0.4, -0.2) is 68.4 Å². The molecule has 0 saturated heterocycles. The number of esters is 4. The molecule has 0 spiro atoms. The number of fused-ring (bicyclic) bond motifs is 5. The van der Waals surface area contributed by atoms with E-state index in [1.165, 1.54) is 11.1 Å². The van der Waals surface area contributed by atoms with E-state index in [9.17, 15) is 19.2 Å². The van der Waals surface area contributed by atoms with Gasteiger partial charge in [0.2, 0.25) is 0 Å². The summed E-state index contributed by atoms with van der Waals surface area (Å²) in [6, 6.07) is 0. The fourth-order valence-electron chi connectivity index (χ4n) is 11.1. The van der Waals surface area contributed by atoms with Crippen LogP contribution in [0.1, 0.15) is 131 Å². The van der Waals surface area contributed by atoms with Crippen molar-refractivity contribution in [2.45, 2.75) is 150 Å². The van der Waals surface area contributed by atoms with Gasteiger partial charge in [-0.15, -0.1) is 0 Å². The average Bonchev–Trinajstić information content (AvgIpc) is 3.46. The number of hydrogen-bond donors (Lipinski definition) is 3. The molecule has 0 aromatic rings. The summed E-state index contributed by atoms with van der Waals surface area (Å²) in [5, 5.41) is 0. The molecule has 0 aromatic heterocycles. The van der Waals surface area contributed by atoms with Gasteiger partial charge in [-0.1, -0.05) is 38.0 Å². The van der Waals surface area contributed by atoms with Gasteiger partial charge in [0.1, 0.15) is 24.9 Å². The van der Waals surface area contributed by atoms with Gasteiger partial charge < -0.3 is 36.1 Å². The van der Waals surface area contributed by atoms with Gasteiger partial charge in [0.15, 0.2) is 0 Å². The summed E-state index contributed by atoms with van der Waals surface area (Å²) in [4.78, 5) is 51.8. The second-order valence-electron chi connectivity index (χ2n) is 17.6. The lowest BCUT2D eigenvalue weighted by Crippen LogP contribution is -2.63. The minimum absolute atomic E-state index is 0.0766. The third-order valence-corrected chi connectivity index (χ3v) is 13.9. The molecule has 11 nitrogen and oxygen atoms in total. The van der Waals surface area contributed by atoms with Gasteiger partial charge in [0.25, 0.3) is 0 Å². The van der Waals surface area contributed by atoms with Gasteiger partial charge in [-0.2, -0.15) is 0 Å². The van der Waals surface area contributed by atoms with E-state index >= 15 is 0 Å². The molecule has 11 heteroatoms. The van der Waals surface area contributed by atoms with E-state index in [0.717, 1.165) is 38.5 Å². The van der Waals surface area contributed by atoms with E-state index in [0.29, 0.717) is 32.1 Å². The Balaban J connectivity index is 1.56. The van der Waals surface area contributed by atoms with Crippen LogP contribution in [0.5, 0.6) is 0 Å². The first-order valence-electron chi connectivity index (χ1n) is 20.8. The van der Waals surface area contributed by atoms with E-state index in [-0.39, 0.29) is 129 Å². The Morgan fingerprint density at radius 3 is 2.04 bits per heavy atom. The second kappa shape index (κ2) is 19.9. The highest BCUT2D eigenvalue weighted by atomic mass is 16.6. The molecular formula is C43H71N3O8. The second-order valence-corrected chi connectivity index (χ2v) is 17.6. The quantitative estimate of drug-likeness (QED) is 0.0811. The summed E-state index contributed by atoms with van der Waals surface area (Å²) >= 11 is 0. The molecule has 4 saturated carbocycles. The Bertz CT molecular complexity index is 1360. The van der Waals surface area contributed by atoms with Crippen LogP contribution in [0, 0.1) is 46.3 Å². The van der Waals surface area contributed by atoms with Crippen LogP contribution in [0.25, 0.3) is 0 Å². The van der Waals surface area contributed by atoms with Crippen molar-refractivity contribution in [1.82, 2.24) is 0 Å². The topological polar surface area (TPSA) is 183 Å². The number of nitrogens with two attached hydrogens (primary N) is 3. The number of ether oxygens (including phenoxy) is 4. The number of carbonyl (C=O) groups is 4. The summed E-state index contributed by atoms with van der Waals surface area (Å²) in [5.74, 6) is -0.194. The molecule has 0 heterocycles. The smallest absolute Gasteiger partial charge is 0.307 e. The lowest BCUT2D eigenvalue weighted by molar-refractivity contribution is -0.225. The number of carbonyl (C=O) groups excluding carboxylic acids is 4. The Hall–Kier alpha value is -2.76. The van der Waals surface area contributed by atoms with Gasteiger partial charge >= 0.3 is 23.9 Å². The van der Waals surface area contributed by atoms with Crippen molar-refractivity contribution in [3.63, 3.8) is 0 Å². The van der Waals surface area contributed by atoms with E-state index in [4.69, 9.17) is 36.1 Å². The molecule has 0 radical (unpaired) electrons. The average molecular weight is 758 g/mol. The minimum Gasteiger partial charge on any atom is -0.462 e. The summed E-state index contributed by atoms with van der Waals surface area (Å²) in [6.07, 6.45) is 12.3. The minimum atomic E-state index is -0.392. The third kappa shape index (κ3) is 10.5. The van der Waals surface area contributed by atoms with Gasteiger partial charge in [-0.25, -0.2) is 0 Å². The number of rotatable bonds is 18. The van der Waals surface area contributed by atoms with E-state index < -0.39 is 5.41 Å². The summed E-state index contributed by atoms with van der Waals surface area (Å²) in [7, 11) is 0. The zero-order valence-electron chi connectivity index (χ0n) is 34.1. The molecule has 6 N–H and O–H groups in total. The summed E-state index contributed by atoms with van der Waals surface area (Å²) < 4.78 is 24.4. The Labute approximate surface area is 324 Å². The molecule has 4 aliphatic carbocycles. The van der Waals surface area contributed by atoms with Crippen molar-refractivity contribution < 1.29 is 38.1 Å². The van der Waals surface area contributed by atoms with Crippen molar-refractivity contribution in [2.75, 3.05) is 26.2 Å². The van der Waals surface area contributed by atoms with Crippen LogP contribution in [0.4, 0.5) is 0 Å². The van der Waals surface area contributed by atoms with Crippen LogP contribution in [-0.2, 0) is 38.1 Å². The van der Waals surface area contributed by atoms with Crippen molar-refractivity contribution in [3.05, 3.63) is 23.3 Å². The third-order valence-electron chi connectivity index (χ3n) is 13.9. The van der Waals surface area contributed by atoms with E-state index in [1.807, 2.05) is 6.08 Å². The fraction of sp³-hybridized carbons (Fsp3) is 0.814. The zero-order valence-corrected chi connectivity index (χ0v) is 34.1. The molecule has 11 atom stereocenters. The standard InChI is InChI=1S/C43H71N3O8/c1-27(2)8-7-9-28(3)18-23-51-37(47)13-10-29(4)32-11-12-33-41-34(26-36(43(32,33)6)54-40(50)17-22-46)42(5)19-14-31(52-38(48)15-20-44)24-30(42)25-35(41)53-39(49)16-21-45/h8,18,29-36,41H,7,9-17,19-26,44-46H2,1-6H3/b28-18+/t29?,30?,31-,32?,33+,34+,35-,36+,41?,42+,43-/m1/s1. The lowest BCUT2D eigenvalue weighted by Gasteiger charge is -2.64. The Morgan fingerprint density at radius 1 is 0.741 bits per heavy atom. The van der Waals surface area contributed by atoms with Crippen LogP contribution in [0.3, 0.4) is 0 Å². The Morgan fingerprint density at radius 2 is 1.39 bits per heavy atom. The van der Waals surface area contributed by atoms with Gasteiger partial charge in [-0.05, 0) is 126 Å². The summed E-state index contributed by atoms with van der Waals surface area (Å²) in [5.41, 5.74) is 19.2. The van der Waals surface area contributed by atoms with E-state index in [2.05, 4.69) is 47.6 Å². The summed E-state index contributed by atoms with van der Waals surface area (Å²) in [6.45, 7) is 14.1. The molecule has 4 fully saturated rings. The van der Waals surface area contributed by atoms with Crippen LogP contribution < -0.4 is 17.2 Å². The van der Waals surface area contributed by atoms with Crippen molar-refractivity contribution >= 4 is 23.9 Å². The zero-order chi connectivity index (χ0) is 39.6. The predicted molar refractivity (Wildman–Crippen MR) is 208 cm³/mol. The first-order chi connectivity index (χ1) is 25.7. The van der Waals surface area contributed by atoms with Gasteiger partial charge in [-0.3, -0.25) is 19.2 Å². The molecule has 306 valence electrons. The maximum atomic E-state index is 13.3. The van der Waals surface area contributed by atoms with Crippen molar-refractivity contribution in [2.24, 2.45) is 63.5 Å². The highest BCUT2D eigenvalue weighted by Gasteiger charge is 2.67. The van der Waals surface area contributed by atoms with Crippen molar-refractivity contribution in [3.8, 4) is 0 Å². The Kier molecular flexibility index (Phi) is 16.2. The molecule has 0 bridgehead atoms. The van der Waals surface area contributed by atoms with Crippen LogP contribution in [0.2, 0.25) is 0 Å². The normalized spacial score (nSPS) is 33.7. The largest absolute Gasteiger partial charge is 0.462 e. The number of allylic oxidation sites excluding steroid dienone is 3. The highest BCUT2D eigenvalue weighted by Crippen LogP contribution is 2.69. The van der Waals surface area contributed by atoms with Crippen LogP contribution >= 0.6 is 0 Å².